The van der Waals surface area contributed by atoms with Crippen LogP contribution in [0.25, 0.3) is 0 Å². The zero-order valence-electron chi connectivity index (χ0n) is 8.55. The van der Waals surface area contributed by atoms with Gasteiger partial charge in [0.25, 0.3) is 0 Å². The molecule has 0 heterocycles. The standard InChI is InChI=1S/C10H13O4/c1-6(2)9(11)13-8(5)14-10(12)7(3)4/h1,3H2,2,4-5H3. The maximum atomic E-state index is 10.9. The van der Waals surface area contributed by atoms with Gasteiger partial charge in [-0.3, -0.25) is 0 Å². The van der Waals surface area contributed by atoms with Gasteiger partial charge in [0, 0.05) is 18.1 Å². The molecule has 77 valence electrons. The third-order valence-electron chi connectivity index (χ3n) is 1.17. The van der Waals surface area contributed by atoms with Crippen LogP contribution in [0, 0.1) is 6.29 Å². The van der Waals surface area contributed by atoms with E-state index in [1.165, 1.54) is 20.8 Å². The quantitative estimate of drug-likeness (QED) is 0.508. The molecule has 0 aromatic rings. The van der Waals surface area contributed by atoms with Gasteiger partial charge in [0.1, 0.15) is 0 Å². The van der Waals surface area contributed by atoms with Crippen molar-refractivity contribution in [1.82, 2.24) is 0 Å². The maximum absolute atomic E-state index is 10.9. The number of hydrogen-bond donors (Lipinski definition) is 0. The van der Waals surface area contributed by atoms with Gasteiger partial charge >= 0.3 is 18.2 Å². The van der Waals surface area contributed by atoms with Gasteiger partial charge in [-0.2, -0.15) is 0 Å². The summed E-state index contributed by atoms with van der Waals surface area (Å²) in [4.78, 5) is 21.9. The predicted molar refractivity (Wildman–Crippen MR) is 50.7 cm³/mol. The smallest absolute Gasteiger partial charge is 0.336 e. The van der Waals surface area contributed by atoms with Crippen LogP contribution < -0.4 is 0 Å². The van der Waals surface area contributed by atoms with Gasteiger partial charge in [-0.25, -0.2) is 9.59 Å². The van der Waals surface area contributed by atoms with Gasteiger partial charge in [-0.1, -0.05) is 13.2 Å². The molecule has 0 aliphatic carbocycles. The predicted octanol–water partition coefficient (Wildman–Crippen LogP) is 1.73. The largest absolute Gasteiger partial charge is 0.411 e. The van der Waals surface area contributed by atoms with Crippen molar-refractivity contribution in [3.63, 3.8) is 0 Å². The van der Waals surface area contributed by atoms with E-state index in [2.05, 4.69) is 22.6 Å². The number of ether oxygens (including phenoxy) is 2. The minimum atomic E-state index is -0.628. The molecule has 0 saturated heterocycles. The molecule has 0 aliphatic rings. The molecule has 0 spiro atoms. The van der Waals surface area contributed by atoms with Crippen molar-refractivity contribution in [3.05, 3.63) is 30.6 Å². The molecule has 0 amide bonds. The summed E-state index contributed by atoms with van der Waals surface area (Å²) in [6.07, 6.45) is -0.133. The van der Waals surface area contributed by atoms with Crippen LogP contribution in [0.3, 0.4) is 0 Å². The van der Waals surface area contributed by atoms with Crippen LogP contribution in [0.2, 0.25) is 0 Å². The molecular formula is C10H13O4. The summed E-state index contributed by atoms with van der Waals surface area (Å²) in [5.74, 6) is -1.26. The lowest BCUT2D eigenvalue weighted by molar-refractivity contribution is -0.158. The van der Waals surface area contributed by atoms with E-state index in [1.807, 2.05) is 0 Å². The molecule has 0 bridgehead atoms. The summed E-state index contributed by atoms with van der Waals surface area (Å²) in [6, 6.07) is 0. The van der Waals surface area contributed by atoms with Crippen molar-refractivity contribution in [3.8, 4) is 0 Å². The van der Waals surface area contributed by atoms with Crippen LogP contribution in [0.4, 0.5) is 0 Å². The fraction of sp³-hybridized carbons (Fsp3) is 0.300. The van der Waals surface area contributed by atoms with E-state index >= 15 is 0 Å². The minimum absolute atomic E-state index is 0.133. The van der Waals surface area contributed by atoms with Gasteiger partial charge in [-0.05, 0) is 13.8 Å². The second-order valence-corrected chi connectivity index (χ2v) is 2.83. The van der Waals surface area contributed by atoms with Crippen LogP contribution in [0.15, 0.2) is 24.3 Å². The number of carbonyl (C=O) groups is 2. The Hall–Kier alpha value is -1.58. The first-order valence-corrected chi connectivity index (χ1v) is 3.93. The monoisotopic (exact) mass is 197 g/mol. The zero-order valence-corrected chi connectivity index (χ0v) is 8.55. The lowest BCUT2D eigenvalue weighted by atomic mass is 10.3. The summed E-state index contributed by atoms with van der Waals surface area (Å²) >= 11 is 0. The summed E-state index contributed by atoms with van der Waals surface area (Å²) in [7, 11) is 0. The van der Waals surface area contributed by atoms with Crippen molar-refractivity contribution >= 4 is 11.9 Å². The normalized spacial score (nSPS) is 9.43. The van der Waals surface area contributed by atoms with Crippen molar-refractivity contribution in [2.75, 3.05) is 0 Å². The lowest BCUT2D eigenvalue weighted by Crippen LogP contribution is -2.15. The fourth-order valence-corrected chi connectivity index (χ4v) is 0.456. The molecule has 4 heteroatoms. The number of hydrogen-bond acceptors (Lipinski definition) is 4. The molecule has 0 N–H and O–H groups in total. The van der Waals surface area contributed by atoms with E-state index in [0.29, 0.717) is 0 Å². The Balaban J connectivity index is 4.05. The molecule has 14 heavy (non-hydrogen) atoms. The van der Waals surface area contributed by atoms with E-state index in [1.54, 1.807) is 0 Å². The average Bonchev–Trinajstić information content (AvgIpc) is 2.03. The lowest BCUT2D eigenvalue weighted by Gasteiger charge is -2.11. The fourth-order valence-electron chi connectivity index (χ4n) is 0.456. The first-order valence-electron chi connectivity index (χ1n) is 3.93. The van der Waals surface area contributed by atoms with Gasteiger partial charge in [0.05, 0.1) is 0 Å². The average molecular weight is 197 g/mol. The Morgan fingerprint density at radius 2 is 1.14 bits per heavy atom. The molecule has 0 saturated carbocycles. The van der Waals surface area contributed by atoms with Crippen LogP contribution >= 0.6 is 0 Å². The molecule has 0 atom stereocenters. The third-order valence-corrected chi connectivity index (χ3v) is 1.17. The van der Waals surface area contributed by atoms with Crippen molar-refractivity contribution in [2.24, 2.45) is 0 Å². The molecule has 4 nitrogen and oxygen atoms in total. The maximum Gasteiger partial charge on any atom is 0.336 e. The van der Waals surface area contributed by atoms with Crippen molar-refractivity contribution in [1.29, 1.82) is 0 Å². The van der Waals surface area contributed by atoms with Gasteiger partial charge in [0.2, 0.25) is 0 Å². The third kappa shape index (κ3) is 4.45. The molecule has 0 aliphatic heterocycles. The van der Waals surface area contributed by atoms with Gasteiger partial charge in [0.15, 0.2) is 0 Å². The van der Waals surface area contributed by atoms with Crippen LogP contribution in [0.5, 0.6) is 0 Å². The van der Waals surface area contributed by atoms with E-state index < -0.39 is 11.9 Å². The van der Waals surface area contributed by atoms with Gasteiger partial charge in [-0.15, -0.1) is 0 Å². The molecule has 1 radical (unpaired) electrons. The first-order chi connectivity index (χ1) is 6.34. The Morgan fingerprint density at radius 3 is 1.36 bits per heavy atom. The number of rotatable bonds is 4. The highest BCUT2D eigenvalue weighted by Gasteiger charge is 2.16. The van der Waals surface area contributed by atoms with Crippen molar-refractivity contribution in [2.45, 2.75) is 20.8 Å². The Morgan fingerprint density at radius 1 is 0.857 bits per heavy atom. The highest BCUT2D eigenvalue weighted by atomic mass is 16.7. The summed E-state index contributed by atoms with van der Waals surface area (Å²) in [5.41, 5.74) is 0.464. The zero-order chi connectivity index (χ0) is 11.3. The molecule has 0 aromatic carbocycles. The SMILES string of the molecule is C=C(C)C(=O)O[C](C)OC(=O)C(=C)C. The topological polar surface area (TPSA) is 52.6 Å². The molecule has 0 fully saturated rings. The molecular weight excluding hydrogens is 184 g/mol. The summed E-state index contributed by atoms with van der Waals surface area (Å²) in [5, 5.41) is 0. The highest BCUT2D eigenvalue weighted by molar-refractivity contribution is 5.89. The second kappa shape index (κ2) is 5.21. The Labute approximate surface area is 83.2 Å². The highest BCUT2D eigenvalue weighted by Crippen LogP contribution is 2.09. The Bertz CT molecular complexity index is 250. The number of esters is 2. The van der Waals surface area contributed by atoms with E-state index in [9.17, 15) is 9.59 Å². The van der Waals surface area contributed by atoms with Crippen LogP contribution in [-0.2, 0) is 19.1 Å². The first kappa shape index (κ1) is 12.4. The van der Waals surface area contributed by atoms with E-state index in [-0.39, 0.29) is 17.4 Å². The molecule has 0 unspecified atom stereocenters. The molecule has 0 aromatic heterocycles. The summed E-state index contributed by atoms with van der Waals surface area (Å²) < 4.78 is 9.25. The minimum Gasteiger partial charge on any atom is -0.411 e. The van der Waals surface area contributed by atoms with Crippen LogP contribution in [-0.4, -0.2) is 11.9 Å². The van der Waals surface area contributed by atoms with Gasteiger partial charge < -0.3 is 9.47 Å². The van der Waals surface area contributed by atoms with Crippen molar-refractivity contribution < 1.29 is 19.1 Å². The number of carbonyl (C=O) groups excluding carboxylic acids is 2. The van der Waals surface area contributed by atoms with E-state index in [4.69, 9.17) is 0 Å². The second-order valence-electron chi connectivity index (χ2n) is 2.83. The van der Waals surface area contributed by atoms with E-state index in [0.717, 1.165) is 0 Å². The Kier molecular flexibility index (Phi) is 4.63. The summed E-state index contributed by atoms with van der Waals surface area (Å²) in [6.45, 7) is 11.1. The van der Waals surface area contributed by atoms with Crippen LogP contribution in [0.1, 0.15) is 20.8 Å². The molecule has 0 rings (SSSR count).